The molecule has 31 heavy (non-hydrogen) atoms. The Morgan fingerprint density at radius 1 is 1.06 bits per heavy atom. The molecule has 2 N–H and O–H groups in total. The van der Waals surface area contributed by atoms with Crippen molar-refractivity contribution in [1.82, 2.24) is 4.90 Å². The minimum Gasteiger partial charge on any atom is -0.497 e. The number of methoxy groups -OCH3 is 1. The van der Waals surface area contributed by atoms with Crippen molar-refractivity contribution in [2.24, 2.45) is 5.73 Å². The van der Waals surface area contributed by atoms with E-state index in [0.717, 1.165) is 17.5 Å². The van der Waals surface area contributed by atoms with E-state index in [1.807, 2.05) is 29.2 Å². The molecular formula is C22H28N4O5. The summed E-state index contributed by atoms with van der Waals surface area (Å²) in [5.41, 5.74) is 6.99. The fraction of sp³-hybridized carbons (Fsp3) is 0.409. The second-order valence-electron chi connectivity index (χ2n) is 6.58. The van der Waals surface area contributed by atoms with Gasteiger partial charge in [0.15, 0.2) is 0 Å². The van der Waals surface area contributed by atoms with E-state index >= 15 is 0 Å². The summed E-state index contributed by atoms with van der Waals surface area (Å²) in [7, 11) is 1.62. The molecule has 0 amide bonds. The lowest BCUT2D eigenvalue weighted by atomic mass is 10.1. The highest BCUT2D eigenvalue weighted by molar-refractivity contribution is 5.99. The molecule has 0 spiro atoms. The van der Waals surface area contributed by atoms with Crippen molar-refractivity contribution in [3.63, 3.8) is 0 Å². The van der Waals surface area contributed by atoms with Crippen molar-refractivity contribution < 1.29 is 23.8 Å². The van der Waals surface area contributed by atoms with E-state index in [2.05, 4.69) is 4.90 Å². The van der Waals surface area contributed by atoms with Crippen molar-refractivity contribution in [3.8, 4) is 11.8 Å². The summed E-state index contributed by atoms with van der Waals surface area (Å²) in [6.45, 7) is 6.00. The number of hydrogen-bond acceptors (Lipinski definition) is 9. The van der Waals surface area contributed by atoms with Gasteiger partial charge in [-0.05, 0) is 44.2 Å². The molecule has 0 bridgehead atoms. The van der Waals surface area contributed by atoms with Crippen LogP contribution in [0.3, 0.4) is 0 Å². The monoisotopic (exact) mass is 428 g/mol. The van der Waals surface area contributed by atoms with Gasteiger partial charge in [0.2, 0.25) is 0 Å². The maximum absolute atomic E-state index is 12.5. The zero-order chi connectivity index (χ0) is 22.8. The van der Waals surface area contributed by atoms with E-state index in [0.29, 0.717) is 26.2 Å². The number of carbonyl (C=O) groups excluding carboxylic acids is 2. The lowest BCUT2D eigenvalue weighted by Crippen LogP contribution is -2.48. The summed E-state index contributed by atoms with van der Waals surface area (Å²) < 4.78 is 15.1. The van der Waals surface area contributed by atoms with E-state index < -0.39 is 11.9 Å². The predicted molar refractivity (Wildman–Crippen MR) is 115 cm³/mol. The second kappa shape index (κ2) is 11.5. The quantitative estimate of drug-likeness (QED) is 0.285. The number of benzene rings is 1. The Balaban J connectivity index is 2.23. The van der Waals surface area contributed by atoms with Crippen LogP contribution in [0.4, 0.5) is 5.69 Å². The first kappa shape index (κ1) is 23.6. The molecule has 1 saturated heterocycles. The molecule has 0 aliphatic carbocycles. The predicted octanol–water partition coefficient (Wildman–Crippen LogP) is 1.56. The van der Waals surface area contributed by atoms with Crippen molar-refractivity contribution in [2.75, 3.05) is 51.4 Å². The molecule has 1 aromatic carbocycles. The number of anilines is 1. The van der Waals surface area contributed by atoms with Gasteiger partial charge in [0.1, 0.15) is 28.8 Å². The number of carbonyl (C=O) groups is 2. The van der Waals surface area contributed by atoms with Crippen molar-refractivity contribution >= 4 is 17.6 Å². The van der Waals surface area contributed by atoms with Gasteiger partial charge in [0, 0.05) is 31.9 Å². The van der Waals surface area contributed by atoms with Crippen molar-refractivity contribution in [1.29, 1.82) is 5.26 Å². The molecule has 9 nitrogen and oxygen atoms in total. The smallest absolute Gasteiger partial charge is 0.348 e. The van der Waals surface area contributed by atoms with E-state index in [-0.39, 0.29) is 30.2 Å². The number of esters is 2. The highest BCUT2D eigenvalue weighted by Crippen LogP contribution is 2.22. The van der Waals surface area contributed by atoms with Gasteiger partial charge in [-0.2, -0.15) is 5.26 Å². The zero-order valence-electron chi connectivity index (χ0n) is 18.1. The molecule has 166 valence electrons. The first-order chi connectivity index (χ1) is 14.9. The second-order valence-corrected chi connectivity index (χ2v) is 6.58. The van der Waals surface area contributed by atoms with Gasteiger partial charge in [-0.25, -0.2) is 9.59 Å². The van der Waals surface area contributed by atoms with Crippen LogP contribution in [0.5, 0.6) is 5.75 Å². The molecular weight excluding hydrogens is 400 g/mol. The molecule has 0 unspecified atom stereocenters. The third kappa shape index (κ3) is 6.15. The highest BCUT2D eigenvalue weighted by Gasteiger charge is 2.24. The maximum atomic E-state index is 12.5. The average Bonchev–Trinajstić information content (AvgIpc) is 2.80. The summed E-state index contributed by atoms with van der Waals surface area (Å²) in [5.74, 6) is -0.571. The Morgan fingerprint density at radius 3 is 2.16 bits per heavy atom. The van der Waals surface area contributed by atoms with Gasteiger partial charge in [-0.15, -0.1) is 0 Å². The van der Waals surface area contributed by atoms with Crippen LogP contribution in [-0.2, 0) is 19.1 Å². The Hall–Kier alpha value is -3.67. The molecule has 1 heterocycles. The number of nitrogens with zero attached hydrogens (tertiary/aromatic N) is 3. The van der Waals surface area contributed by atoms with Crippen LogP contribution in [0.25, 0.3) is 0 Å². The van der Waals surface area contributed by atoms with Crippen LogP contribution in [0, 0.1) is 11.3 Å². The van der Waals surface area contributed by atoms with Crippen LogP contribution in [-0.4, -0.2) is 63.3 Å². The van der Waals surface area contributed by atoms with Crippen LogP contribution in [0.2, 0.25) is 0 Å². The lowest BCUT2D eigenvalue weighted by molar-refractivity contribution is -0.138. The SMILES string of the molecule is CCOC(=O)C(/C=C(\C#N)C(=O)OCC)=C(/N)N1CCN(c2ccc(OC)cc2)CC1. The summed E-state index contributed by atoms with van der Waals surface area (Å²) in [6, 6.07) is 9.53. The molecule has 2 rings (SSSR count). The van der Waals surface area contributed by atoms with Gasteiger partial charge in [-0.1, -0.05) is 0 Å². The van der Waals surface area contributed by atoms with E-state index in [1.165, 1.54) is 0 Å². The van der Waals surface area contributed by atoms with Crippen LogP contribution in [0.15, 0.2) is 47.3 Å². The Morgan fingerprint density at radius 2 is 1.65 bits per heavy atom. The van der Waals surface area contributed by atoms with Crippen LogP contribution in [0.1, 0.15) is 13.8 Å². The van der Waals surface area contributed by atoms with E-state index in [9.17, 15) is 14.9 Å². The molecule has 0 aromatic heterocycles. The third-order valence-electron chi connectivity index (χ3n) is 4.73. The maximum Gasteiger partial charge on any atom is 0.348 e. The van der Waals surface area contributed by atoms with Gasteiger partial charge >= 0.3 is 11.9 Å². The minimum atomic E-state index is -0.816. The molecule has 1 aliphatic rings. The first-order valence-electron chi connectivity index (χ1n) is 10.0. The van der Waals surface area contributed by atoms with Gasteiger partial charge in [0.05, 0.1) is 20.3 Å². The Labute approximate surface area is 182 Å². The van der Waals surface area contributed by atoms with Crippen molar-refractivity contribution in [2.45, 2.75) is 13.8 Å². The van der Waals surface area contributed by atoms with Gasteiger partial charge in [-0.3, -0.25) is 0 Å². The van der Waals surface area contributed by atoms with E-state index in [4.69, 9.17) is 19.9 Å². The largest absolute Gasteiger partial charge is 0.497 e. The molecule has 0 radical (unpaired) electrons. The molecule has 1 aromatic rings. The fourth-order valence-corrected chi connectivity index (χ4v) is 3.11. The average molecular weight is 428 g/mol. The summed E-state index contributed by atoms with van der Waals surface area (Å²) in [4.78, 5) is 28.5. The molecule has 1 aliphatic heterocycles. The molecule has 0 saturated carbocycles. The van der Waals surface area contributed by atoms with Crippen LogP contribution < -0.4 is 15.4 Å². The molecule has 9 heteroatoms. The number of piperazine rings is 1. The number of nitriles is 1. The minimum absolute atomic E-state index is 0.0376. The topological polar surface area (TPSA) is 118 Å². The number of hydrogen-bond donors (Lipinski definition) is 1. The normalized spacial score (nSPS) is 15.0. The Bertz CT molecular complexity index is 878. The van der Waals surface area contributed by atoms with Gasteiger partial charge in [0.25, 0.3) is 0 Å². The van der Waals surface area contributed by atoms with Crippen molar-refractivity contribution in [3.05, 3.63) is 47.3 Å². The Kier molecular flexibility index (Phi) is 8.76. The van der Waals surface area contributed by atoms with Crippen LogP contribution >= 0.6 is 0 Å². The fourth-order valence-electron chi connectivity index (χ4n) is 3.11. The standard InChI is InChI=1S/C22H28N4O5/c1-4-30-21(27)16(15-23)14-19(22(28)31-5-2)20(24)26-12-10-25(11-13-26)17-6-8-18(29-3)9-7-17/h6-9,14H,4-5,10-13,24H2,1-3H3/b16-14+,20-19-. The number of ether oxygens (including phenoxy) is 3. The van der Waals surface area contributed by atoms with Gasteiger partial charge < -0.3 is 29.7 Å². The summed E-state index contributed by atoms with van der Waals surface area (Å²) in [6.07, 6.45) is 1.14. The molecule has 0 atom stereocenters. The summed E-state index contributed by atoms with van der Waals surface area (Å²) >= 11 is 0. The summed E-state index contributed by atoms with van der Waals surface area (Å²) in [5, 5.41) is 9.31. The number of rotatable bonds is 8. The highest BCUT2D eigenvalue weighted by atomic mass is 16.5. The molecule has 1 fully saturated rings. The third-order valence-corrected chi connectivity index (χ3v) is 4.73. The van der Waals surface area contributed by atoms with E-state index in [1.54, 1.807) is 27.0 Å². The zero-order valence-corrected chi connectivity index (χ0v) is 18.1. The lowest BCUT2D eigenvalue weighted by Gasteiger charge is -2.37. The number of nitrogens with two attached hydrogens (primary N) is 1. The first-order valence-corrected chi connectivity index (χ1v) is 10.0.